The van der Waals surface area contributed by atoms with E-state index in [1.165, 1.54) is 41.3 Å². The zero-order chi connectivity index (χ0) is 25.0. The Morgan fingerprint density at radius 2 is 1.67 bits per heavy atom. The lowest BCUT2D eigenvalue weighted by atomic mass is 10.1. The molecule has 0 spiro atoms. The number of sulfone groups is 1. The van der Waals surface area contributed by atoms with Crippen molar-refractivity contribution in [2.75, 3.05) is 6.26 Å². The number of halogens is 3. The van der Waals surface area contributed by atoms with E-state index in [1.807, 2.05) is 30.3 Å². The van der Waals surface area contributed by atoms with E-state index in [9.17, 15) is 26.7 Å². The Bertz CT molecular complexity index is 1270. The molecule has 13 heteroatoms. The first-order chi connectivity index (χ1) is 15.3. The van der Waals surface area contributed by atoms with E-state index < -0.39 is 22.0 Å². The normalized spacial score (nSPS) is 11.4. The summed E-state index contributed by atoms with van der Waals surface area (Å²) in [6, 6.07) is 15.0. The van der Waals surface area contributed by atoms with Gasteiger partial charge < -0.3 is 15.9 Å². The van der Waals surface area contributed by atoms with Gasteiger partial charge in [0.15, 0.2) is 0 Å². The number of alkyl halides is 3. The van der Waals surface area contributed by atoms with Gasteiger partial charge in [-0.15, -0.1) is 23.1 Å². The number of rotatable bonds is 5. The molecule has 0 atom stereocenters. The van der Waals surface area contributed by atoms with Crippen molar-refractivity contribution in [3.05, 3.63) is 59.5 Å². The molecule has 0 aliphatic heterocycles. The second-order valence-electron chi connectivity index (χ2n) is 6.27. The van der Waals surface area contributed by atoms with E-state index in [0.29, 0.717) is 14.6 Å². The number of phenols is 1. The third kappa shape index (κ3) is 6.49. The zero-order valence-corrected chi connectivity index (χ0v) is 19.2. The average molecular weight is 519 g/mol. The Morgan fingerprint density at radius 1 is 1.09 bits per heavy atom. The molecule has 1 heterocycles. The summed E-state index contributed by atoms with van der Waals surface area (Å²) < 4.78 is 58.6. The van der Waals surface area contributed by atoms with Crippen molar-refractivity contribution in [3.8, 4) is 16.9 Å². The van der Waals surface area contributed by atoms with Crippen LogP contribution in [-0.2, 0) is 14.6 Å². The number of carbonyl (C=O) groups is 1. The number of aromatic hydroxyl groups is 1. The fourth-order valence-electron chi connectivity index (χ4n) is 2.48. The van der Waals surface area contributed by atoms with Crippen molar-refractivity contribution in [3.63, 3.8) is 0 Å². The van der Waals surface area contributed by atoms with E-state index in [1.54, 1.807) is 12.3 Å². The predicted molar refractivity (Wildman–Crippen MR) is 120 cm³/mol. The highest BCUT2D eigenvalue weighted by atomic mass is 32.2. The van der Waals surface area contributed by atoms with Crippen LogP contribution in [0.15, 0.2) is 68.6 Å². The molecule has 0 aliphatic rings. The summed E-state index contributed by atoms with van der Waals surface area (Å²) in [5.41, 5.74) is 6.92. The van der Waals surface area contributed by atoms with Crippen LogP contribution in [0.1, 0.15) is 4.88 Å². The molecule has 0 saturated carbocycles. The number of carboxylic acid groups (broad SMARTS) is 1. The number of aliphatic carboxylic acids is 1. The molecule has 0 amide bonds. The summed E-state index contributed by atoms with van der Waals surface area (Å²) in [6.45, 7) is 0. The van der Waals surface area contributed by atoms with Gasteiger partial charge in [0.25, 0.3) is 0 Å². The van der Waals surface area contributed by atoms with Gasteiger partial charge in [-0.25, -0.2) is 13.2 Å². The maximum atomic E-state index is 13.2. The van der Waals surface area contributed by atoms with Crippen LogP contribution in [-0.4, -0.2) is 42.9 Å². The number of thiophene rings is 1. The fraction of sp³-hybridized carbons (Fsp3) is 0.100. The smallest absolute Gasteiger partial charge is 0.490 e. The van der Waals surface area contributed by atoms with Gasteiger partial charge >= 0.3 is 12.1 Å². The Kier molecular flexibility index (Phi) is 8.16. The Labute approximate surface area is 195 Å². The van der Waals surface area contributed by atoms with Crippen LogP contribution in [0.25, 0.3) is 11.1 Å². The van der Waals surface area contributed by atoms with E-state index in [-0.39, 0.29) is 21.4 Å². The number of thioether (sulfide) groups is 1. The van der Waals surface area contributed by atoms with Crippen LogP contribution in [0.3, 0.4) is 0 Å². The lowest BCUT2D eigenvalue weighted by Crippen LogP contribution is -2.21. The molecule has 0 radical (unpaired) electrons. The topological polar surface area (TPSA) is 142 Å². The second-order valence-corrected chi connectivity index (χ2v) is 10.3. The highest BCUT2D eigenvalue weighted by Crippen LogP contribution is 2.38. The number of nitrogen functional groups attached to an aromatic ring is 1. The van der Waals surface area contributed by atoms with Gasteiger partial charge in [-0.1, -0.05) is 30.3 Å². The second kappa shape index (κ2) is 10.3. The minimum atomic E-state index is -5.08. The summed E-state index contributed by atoms with van der Waals surface area (Å²) in [5.74, 6) is -3.06. The lowest BCUT2D eigenvalue weighted by Gasteiger charge is -2.09. The van der Waals surface area contributed by atoms with Crippen LogP contribution < -0.4 is 5.73 Å². The highest BCUT2D eigenvalue weighted by Gasteiger charge is 2.38. The molecule has 176 valence electrons. The maximum Gasteiger partial charge on any atom is 0.490 e. The Morgan fingerprint density at radius 3 is 2.15 bits per heavy atom. The molecule has 7 nitrogen and oxygen atoms in total. The number of nitrogens with one attached hydrogen (secondary N) is 1. The summed E-state index contributed by atoms with van der Waals surface area (Å²) in [4.78, 5) is 9.40. The molecule has 3 rings (SSSR count). The third-order valence-corrected chi connectivity index (χ3v) is 8.28. The van der Waals surface area contributed by atoms with Crippen molar-refractivity contribution >= 4 is 44.7 Å². The molecular formula is C20H17F3N2O5S3. The van der Waals surface area contributed by atoms with Crippen LogP contribution in [0.2, 0.25) is 0 Å². The van der Waals surface area contributed by atoms with Crippen molar-refractivity contribution in [1.29, 1.82) is 5.41 Å². The van der Waals surface area contributed by atoms with Crippen LogP contribution >= 0.6 is 23.1 Å². The van der Waals surface area contributed by atoms with Crippen molar-refractivity contribution in [2.45, 2.75) is 20.2 Å². The first kappa shape index (κ1) is 26.2. The minimum absolute atomic E-state index is 0.000412. The zero-order valence-electron chi connectivity index (χ0n) is 16.8. The lowest BCUT2D eigenvalue weighted by molar-refractivity contribution is -0.192. The summed E-state index contributed by atoms with van der Waals surface area (Å²) in [6.07, 6.45) is -3.31. The number of hydrogen-bond donors (Lipinski definition) is 4. The number of carboxylic acids is 1. The van der Waals surface area contributed by atoms with E-state index in [4.69, 9.17) is 21.0 Å². The van der Waals surface area contributed by atoms with Gasteiger partial charge in [-0.3, -0.25) is 5.41 Å². The minimum Gasteiger partial charge on any atom is -0.508 e. The van der Waals surface area contributed by atoms with E-state index in [2.05, 4.69) is 0 Å². The average Bonchev–Trinajstić information content (AvgIpc) is 3.19. The summed E-state index contributed by atoms with van der Waals surface area (Å²) in [7, 11) is -3.87. The van der Waals surface area contributed by atoms with Gasteiger partial charge in [0, 0.05) is 0 Å². The number of nitrogens with two attached hydrogens (primary N) is 1. The molecule has 0 bridgehead atoms. The van der Waals surface area contributed by atoms with Crippen LogP contribution in [0.4, 0.5) is 13.2 Å². The number of benzene rings is 2. The largest absolute Gasteiger partial charge is 0.508 e. The first-order valence-electron chi connectivity index (χ1n) is 8.74. The molecule has 5 N–H and O–H groups in total. The van der Waals surface area contributed by atoms with Crippen molar-refractivity contribution in [2.24, 2.45) is 5.73 Å². The molecule has 2 aromatic carbocycles. The fourth-order valence-corrected chi connectivity index (χ4v) is 6.40. The summed E-state index contributed by atoms with van der Waals surface area (Å²) in [5, 5.41) is 24.7. The van der Waals surface area contributed by atoms with Gasteiger partial charge in [-0.05, 0) is 41.6 Å². The van der Waals surface area contributed by atoms with Gasteiger partial charge in [0.2, 0.25) is 9.84 Å². The van der Waals surface area contributed by atoms with Crippen LogP contribution in [0.5, 0.6) is 5.75 Å². The molecule has 1 aromatic heterocycles. The van der Waals surface area contributed by atoms with E-state index >= 15 is 0 Å². The molecule has 0 saturated heterocycles. The SMILES string of the molecule is CSc1sc(C(=N)N)cc1S(=O)(=O)c1cc(O)cc(-c2ccccc2)c1.O=C(O)C(F)(F)F. The highest BCUT2D eigenvalue weighted by molar-refractivity contribution is 8.01. The standard InChI is InChI=1S/C18H16N2O3S3.C2HF3O2/c1-24-18-16(10-15(25-18)17(19)20)26(22,23)14-8-12(7-13(21)9-14)11-5-3-2-4-6-11;3-2(4,5)1(6)7/h2-10,21H,1H3,(H3,19,20);(H,6,7). The Balaban J connectivity index is 0.000000479. The number of amidine groups is 1. The third-order valence-electron chi connectivity index (χ3n) is 3.96. The quantitative estimate of drug-likeness (QED) is 0.220. The van der Waals surface area contributed by atoms with E-state index in [0.717, 1.165) is 5.56 Å². The predicted octanol–water partition coefficient (Wildman–Crippen LogP) is 4.59. The van der Waals surface area contributed by atoms with Gasteiger partial charge in [-0.2, -0.15) is 13.2 Å². The molecule has 0 unspecified atom stereocenters. The Hall–Kier alpha value is -3.03. The number of phenolic OH excluding ortho intramolecular Hbond substituents is 1. The molecule has 33 heavy (non-hydrogen) atoms. The molecule has 3 aromatic rings. The van der Waals surface area contributed by atoms with Crippen molar-refractivity contribution < 1.29 is 36.6 Å². The first-order valence-corrected chi connectivity index (χ1v) is 12.3. The summed E-state index contributed by atoms with van der Waals surface area (Å²) >= 11 is 2.45. The number of hydrogen-bond acceptors (Lipinski definition) is 7. The monoisotopic (exact) mass is 518 g/mol. The molecular weight excluding hydrogens is 501 g/mol. The molecule has 0 aliphatic carbocycles. The van der Waals surface area contributed by atoms with Crippen LogP contribution in [0, 0.1) is 5.41 Å². The maximum absolute atomic E-state index is 13.2. The van der Waals surface area contributed by atoms with Crippen molar-refractivity contribution in [1.82, 2.24) is 0 Å². The van der Waals surface area contributed by atoms with Gasteiger partial charge in [0.05, 0.1) is 18.9 Å². The molecule has 0 fully saturated rings. The van der Waals surface area contributed by atoms with Gasteiger partial charge in [0.1, 0.15) is 11.6 Å².